The minimum absolute atomic E-state index is 0.0659. The molecule has 1 unspecified atom stereocenters. The minimum atomic E-state index is -0.786. The van der Waals surface area contributed by atoms with Gasteiger partial charge in [-0.15, -0.1) is 0 Å². The Labute approximate surface area is 152 Å². The van der Waals surface area contributed by atoms with Crippen molar-refractivity contribution in [1.82, 2.24) is 9.88 Å². The van der Waals surface area contributed by atoms with Crippen molar-refractivity contribution in [1.29, 1.82) is 0 Å². The highest BCUT2D eigenvalue weighted by Crippen LogP contribution is 2.23. The number of nitrogens with zero attached hydrogens (tertiary/aromatic N) is 2. The van der Waals surface area contributed by atoms with Crippen LogP contribution < -0.4 is 4.74 Å². The lowest BCUT2D eigenvalue weighted by molar-refractivity contribution is -0.137. The number of para-hydroxylation sites is 1. The van der Waals surface area contributed by atoms with Crippen molar-refractivity contribution in [2.45, 2.75) is 25.7 Å². The number of likely N-dealkylation sites (tertiary alicyclic amines) is 1. The lowest BCUT2D eigenvalue weighted by Crippen LogP contribution is -2.40. The van der Waals surface area contributed by atoms with E-state index in [-0.39, 0.29) is 18.2 Å². The fraction of sp³-hybridized carbons (Fsp3) is 0.350. The lowest BCUT2D eigenvalue weighted by atomic mass is 9.93. The zero-order valence-corrected chi connectivity index (χ0v) is 14.5. The number of ether oxygens (including phenoxy) is 1. The van der Waals surface area contributed by atoms with E-state index in [1.807, 2.05) is 30.3 Å². The highest BCUT2D eigenvalue weighted by atomic mass is 16.5. The minimum Gasteiger partial charge on any atom is -0.481 e. The van der Waals surface area contributed by atoms with Crippen LogP contribution in [-0.2, 0) is 4.79 Å². The highest BCUT2D eigenvalue weighted by molar-refractivity contribution is 5.94. The van der Waals surface area contributed by atoms with E-state index in [0.29, 0.717) is 36.7 Å². The molecule has 1 aliphatic heterocycles. The van der Waals surface area contributed by atoms with Crippen LogP contribution in [0.15, 0.2) is 48.7 Å². The Balaban J connectivity index is 1.59. The monoisotopic (exact) mass is 354 g/mol. The molecular formula is C20H22N2O4. The molecule has 2 heterocycles. The first-order chi connectivity index (χ1) is 12.6. The molecule has 1 saturated heterocycles. The van der Waals surface area contributed by atoms with E-state index >= 15 is 0 Å². The van der Waals surface area contributed by atoms with E-state index < -0.39 is 5.97 Å². The largest absolute Gasteiger partial charge is 0.481 e. The summed E-state index contributed by atoms with van der Waals surface area (Å²) in [5.74, 6) is 0.523. The zero-order chi connectivity index (χ0) is 18.4. The number of piperidine rings is 1. The molecule has 0 radical (unpaired) electrons. The van der Waals surface area contributed by atoms with Gasteiger partial charge in [-0.25, -0.2) is 4.98 Å². The molecule has 0 aliphatic carbocycles. The summed E-state index contributed by atoms with van der Waals surface area (Å²) in [6, 6.07) is 12.7. The number of carbonyl (C=O) groups excluding carboxylic acids is 1. The summed E-state index contributed by atoms with van der Waals surface area (Å²) >= 11 is 0. The molecule has 1 aliphatic rings. The quantitative estimate of drug-likeness (QED) is 0.857. The van der Waals surface area contributed by atoms with E-state index in [1.165, 1.54) is 6.20 Å². The Kier molecular flexibility index (Phi) is 5.84. The van der Waals surface area contributed by atoms with E-state index in [0.717, 1.165) is 12.8 Å². The van der Waals surface area contributed by atoms with Crippen LogP contribution in [0.3, 0.4) is 0 Å². The molecule has 1 aromatic heterocycles. The fourth-order valence-electron chi connectivity index (χ4n) is 3.17. The zero-order valence-electron chi connectivity index (χ0n) is 14.5. The number of carbonyl (C=O) groups is 2. The topological polar surface area (TPSA) is 79.7 Å². The number of benzene rings is 1. The Hall–Kier alpha value is -2.89. The number of amides is 1. The molecule has 0 spiro atoms. The second kappa shape index (κ2) is 8.47. The van der Waals surface area contributed by atoms with Crippen molar-refractivity contribution < 1.29 is 19.4 Å². The number of rotatable bonds is 6. The van der Waals surface area contributed by atoms with Crippen LogP contribution in [0, 0.1) is 5.92 Å². The predicted octanol–water partition coefficient (Wildman–Crippen LogP) is 3.59. The molecule has 1 N–H and O–H groups in total. The Morgan fingerprint density at radius 2 is 2.00 bits per heavy atom. The third-order valence-electron chi connectivity index (χ3n) is 4.52. The van der Waals surface area contributed by atoms with E-state index in [4.69, 9.17) is 9.84 Å². The van der Waals surface area contributed by atoms with Gasteiger partial charge in [0.25, 0.3) is 5.91 Å². The summed E-state index contributed by atoms with van der Waals surface area (Å²) in [7, 11) is 0. The van der Waals surface area contributed by atoms with Crippen LogP contribution >= 0.6 is 0 Å². The SMILES string of the molecule is O=C(O)CCC1CCCN(C(=O)c2ccc(Oc3ccccc3)nc2)C1. The van der Waals surface area contributed by atoms with Gasteiger partial charge < -0.3 is 14.7 Å². The Morgan fingerprint density at radius 1 is 1.19 bits per heavy atom. The Morgan fingerprint density at radius 3 is 2.69 bits per heavy atom. The normalized spacial score (nSPS) is 16.9. The van der Waals surface area contributed by atoms with Crippen molar-refractivity contribution in [2.75, 3.05) is 13.1 Å². The summed E-state index contributed by atoms with van der Waals surface area (Å²) < 4.78 is 5.64. The lowest BCUT2D eigenvalue weighted by Gasteiger charge is -2.32. The van der Waals surface area contributed by atoms with Gasteiger partial charge in [-0.05, 0) is 43.4 Å². The second-order valence-corrected chi connectivity index (χ2v) is 6.49. The predicted molar refractivity (Wildman–Crippen MR) is 96.3 cm³/mol. The second-order valence-electron chi connectivity index (χ2n) is 6.49. The number of hydrogen-bond acceptors (Lipinski definition) is 4. The van der Waals surface area contributed by atoms with E-state index in [2.05, 4.69) is 4.98 Å². The van der Waals surface area contributed by atoms with Crippen LogP contribution in [0.2, 0.25) is 0 Å². The summed E-state index contributed by atoms with van der Waals surface area (Å²) in [6.07, 6.45) is 4.17. The summed E-state index contributed by atoms with van der Waals surface area (Å²) in [5, 5.41) is 8.83. The van der Waals surface area contributed by atoms with Crippen LogP contribution in [-0.4, -0.2) is 40.0 Å². The smallest absolute Gasteiger partial charge is 0.303 e. The van der Waals surface area contributed by atoms with Gasteiger partial charge in [0.05, 0.1) is 5.56 Å². The van der Waals surface area contributed by atoms with Crippen LogP contribution in [0.4, 0.5) is 0 Å². The maximum absolute atomic E-state index is 12.7. The van der Waals surface area contributed by atoms with Crippen molar-refractivity contribution >= 4 is 11.9 Å². The first kappa shape index (κ1) is 17.9. The Bertz CT molecular complexity index is 746. The molecule has 6 heteroatoms. The van der Waals surface area contributed by atoms with Gasteiger partial charge in [-0.1, -0.05) is 18.2 Å². The highest BCUT2D eigenvalue weighted by Gasteiger charge is 2.25. The van der Waals surface area contributed by atoms with Crippen molar-refractivity contribution in [2.24, 2.45) is 5.92 Å². The number of aromatic nitrogens is 1. The van der Waals surface area contributed by atoms with Gasteiger partial charge in [0.15, 0.2) is 0 Å². The van der Waals surface area contributed by atoms with Crippen molar-refractivity contribution in [3.8, 4) is 11.6 Å². The molecule has 1 aromatic carbocycles. The summed E-state index contributed by atoms with van der Waals surface area (Å²) in [6.45, 7) is 1.30. The van der Waals surface area contributed by atoms with E-state index in [9.17, 15) is 9.59 Å². The third kappa shape index (κ3) is 4.81. The van der Waals surface area contributed by atoms with Gasteiger partial charge in [0.2, 0.25) is 5.88 Å². The number of aliphatic carboxylic acids is 1. The maximum atomic E-state index is 12.7. The molecule has 6 nitrogen and oxygen atoms in total. The molecule has 1 amide bonds. The average molecular weight is 354 g/mol. The first-order valence-corrected chi connectivity index (χ1v) is 8.82. The molecule has 1 fully saturated rings. The fourth-order valence-corrected chi connectivity index (χ4v) is 3.17. The molecule has 3 rings (SSSR count). The van der Waals surface area contributed by atoms with Crippen molar-refractivity contribution in [3.63, 3.8) is 0 Å². The third-order valence-corrected chi connectivity index (χ3v) is 4.52. The molecule has 0 saturated carbocycles. The van der Waals surface area contributed by atoms with Crippen LogP contribution in [0.5, 0.6) is 11.6 Å². The molecule has 136 valence electrons. The number of carboxylic acid groups (broad SMARTS) is 1. The summed E-state index contributed by atoms with van der Waals surface area (Å²) in [4.78, 5) is 29.4. The number of pyridine rings is 1. The standard InChI is InChI=1S/C20H22N2O4/c23-19(24)11-8-15-5-4-12-22(14-15)20(25)16-9-10-18(21-13-16)26-17-6-2-1-3-7-17/h1-3,6-7,9-10,13,15H,4-5,8,11-12,14H2,(H,23,24). The van der Waals surface area contributed by atoms with Gasteiger partial charge in [0, 0.05) is 31.8 Å². The number of hydrogen-bond donors (Lipinski definition) is 1. The van der Waals surface area contributed by atoms with E-state index in [1.54, 1.807) is 17.0 Å². The first-order valence-electron chi connectivity index (χ1n) is 8.82. The molecule has 0 bridgehead atoms. The van der Waals surface area contributed by atoms with Gasteiger partial charge in [-0.3, -0.25) is 9.59 Å². The van der Waals surface area contributed by atoms with Gasteiger partial charge in [-0.2, -0.15) is 0 Å². The summed E-state index contributed by atoms with van der Waals surface area (Å²) in [5.41, 5.74) is 0.518. The molecule has 2 aromatic rings. The molecular weight excluding hydrogens is 332 g/mol. The average Bonchev–Trinajstić information content (AvgIpc) is 2.67. The van der Waals surface area contributed by atoms with Gasteiger partial charge in [0.1, 0.15) is 5.75 Å². The van der Waals surface area contributed by atoms with Crippen molar-refractivity contribution in [3.05, 3.63) is 54.2 Å². The number of carboxylic acids is 1. The molecule has 1 atom stereocenters. The van der Waals surface area contributed by atoms with Gasteiger partial charge >= 0.3 is 5.97 Å². The van der Waals surface area contributed by atoms with Crippen LogP contribution in [0.1, 0.15) is 36.0 Å². The molecule has 26 heavy (non-hydrogen) atoms. The van der Waals surface area contributed by atoms with Crippen LogP contribution in [0.25, 0.3) is 0 Å². The maximum Gasteiger partial charge on any atom is 0.303 e.